The van der Waals surface area contributed by atoms with Gasteiger partial charge in [-0.05, 0) is 20.3 Å². The van der Waals surface area contributed by atoms with Crippen molar-refractivity contribution in [1.29, 1.82) is 0 Å². The van der Waals surface area contributed by atoms with Crippen molar-refractivity contribution in [2.45, 2.75) is 39.5 Å². The average molecular weight is 276 g/mol. The third kappa shape index (κ3) is 2.91. The summed E-state index contributed by atoms with van der Waals surface area (Å²) in [5, 5.41) is 3.95. The summed E-state index contributed by atoms with van der Waals surface area (Å²) in [4.78, 5) is 9.75. The van der Waals surface area contributed by atoms with Crippen molar-refractivity contribution in [3.8, 4) is 0 Å². The van der Waals surface area contributed by atoms with Crippen LogP contribution in [0.4, 0.5) is 0 Å². The van der Waals surface area contributed by atoms with E-state index in [9.17, 15) is 0 Å². The largest absolute Gasteiger partial charge is 0.372 e. The van der Waals surface area contributed by atoms with E-state index in [4.69, 9.17) is 9.26 Å². The number of aryl methyl sites for hydroxylation is 2. The van der Waals surface area contributed by atoms with Crippen LogP contribution >= 0.6 is 0 Å². The van der Waals surface area contributed by atoms with E-state index in [2.05, 4.69) is 20.0 Å². The van der Waals surface area contributed by atoms with E-state index in [1.165, 1.54) is 0 Å². The number of likely N-dealkylation sites (tertiary alicyclic amines) is 1. The van der Waals surface area contributed by atoms with Crippen LogP contribution in [0, 0.1) is 13.8 Å². The summed E-state index contributed by atoms with van der Waals surface area (Å²) < 4.78 is 11.1. The highest BCUT2D eigenvalue weighted by Gasteiger charge is 2.24. The van der Waals surface area contributed by atoms with Crippen LogP contribution in [0.25, 0.3) is 0 Å². The van der Waals surface area contributed by atoms with Crippen molar-refractivity contribution in [2.24, 2.45) is 0 Å². The van der Waals surface area contributed by atoms with E-state index in [1.54, 1.807) is 6.20 Å². The number of H-pyrrole nitrogens is 1. The standard InChI is InChI=1S/C14H20N4O2/c1-10-13(11(2)20-17-10)9-19-12-3-6-18(7-12)8-14-15-4-5-16-14/h4-5,12H,3,6-9H2,1-2H3,(H,15,16). The van der Waals surface area contributed by atoms with Gasteiger partial charge in [0.2, 0.25) is 0 Å². The minimum atomic E-state index is 0.277. The zero-order valence-corrected chi connectivity index (χ0v) is 11.9. The molecule has 2 aromatic rings. The SMILES string of the molecule is Cc1noc(C)c1COC1CCN(Cc2ncc[nH]2)C1. The van der Waals surface area contributed by atoms with Gasteiger partial charge < -0.3 is 14.2 Å². The molecule has 1 aliphatic rings. The molecule has 1 atom stereocenters. The first-order valence-electron chi connectivity index (χ1n) is 6.96. The summed E-state index contributed by atoms with van der Waals surface area (Å²) in [7, 11) is 0. The van der Waals surface area contributed by atoms with Gasteiger partial charge >= 0.3 is 0 Å². The molecule has 20 heavy (non-hydrogen) atoms. The van der Waals surface area contributed by atoms with Crippen LogP contribution in [0.3, 0.4) is 0 Å². The Labute approximate surface area is 118 Å². The van der Waals surface area contributed by atoms with Gasteiger partial charge in [-0.25, -0.2) is 4.98 Å². The van der Waals surface area contributed by atoms with Gasteiger partial charge in [-0.1, -0.05) is 5.16 Å². The van der Waals surface area contributed by atoms with Crippen LogP contribution in [0.5, 0.6) is 0 Å². The molecule has 1 unspecified atom stereocenters. The van der Waals surface area contributed by atoms with Crippen molar-refractivity contribution in [1.82, 2.24) is 20.0 Å². The first kappa shape index (κ1) is 13.3. The van der Waals surface area contributed by atoms with Crippen LogP contribution in [0.2, 0.25) is 0 Å². The second kappa shape index (κ2) is 5.76. The number of nitrogens with zero attached hydrogens (tertiary/aromatic N) is 3. The summed E-state index contributed by atoms with van der Waals surface area (Å²) >= 11 is 0. The minimum Gasteiger partial charge on any atom is -0.372 e. The molecule has 0 radical (unpaired) electrons. The number of aromatic amines is 1. The minimum absolute atomic E-state index is 0.277. The molecular weight excluding hydrogens is 256 g/mol. The number of aromatic nitrogens is 3. The number of nitrogens with one attached hydrogen (secondary N) is 1. The highest BCUT2D eigenvalue weighted by molar-refractivity contribution is 5.19. The Kier molecular flexibility index (Phi) is 3.84. The molecule has 1 saturated heterocycles. The molecule has 0 aliphatic carbocycles. The molecule has 0 spiro atoms. The molecule has 0 aromatic carbocycles. The molecule has 0 amide bonds. The Hall–Kier alpha value is -1.66. The molecule has 1 aliphatic heterocycles. The van der Waals surface area contributed by atoms with E-state index in [-0.39, 0.29) is 6.10 Å². The Bertz CT molecular complexity index is 530. The molecule has 1 N–H and O–H groups in total. The van der Waals surface area contributed by atoms with Gasteiger partial charge in [-0.2, -0.15) is 0 Å². The third-order valence-corrected chi connectivity index (χ3v) is 3.80. The molecule has 2 aromatic heterocycles. The summed E-state index contributed by atoms with van der Waals surface area (Å²) in [5.41, 5.74) is 2.00. The van der Waals surface area contributed by atoms with Crippen LogP contribution in [0.1, 0.15) is 29.3 Å². The normalized spacial score (nSPS) is 19.8. The molecule has 1 fully saturated rings. The van der Waals surface area contributed by atoms with E-state index >= 15 is 0 Å². The molecule has 6 nitrogen and oxygen atoms in total. The van der Waals surface area contributed by atoms with Crippen molar-refractivity contribution in [3.63, 3.8) is 0 Å². The van der Waals surface area contributed by atoms with Gasteiger partial charge in [0.15, 0.2) is 0 Å². The van der Waals surface area contributed by atoms with Crippen molar-refractivity contribution in [2.75, 3.05) is 13.1 Å². The predicted octanol–water partition coefficient (Wildman–Crippen LogP) is 1.81. The summed E-state index contributed by atoms with van der Waals surface area (Å²) in [6.45, 7) is 7.32. The van der Waals surface area contributed by atoms with Gasteiger partial charge in [-0.3, -0.25) is 4.90 Å². The van der Waals surface area contributed by atoms with Crippen LogP contribution in [0.15, 0.2) is 16.9 Å². The van der Waals surface area contributed by atoms with Crippen molar-refractivity contribution >= 4 is 0 Å². The summed E-state index contributed by atoms with van der Waals surface area (Å²) in [6.07, 6.45) is 4.98. The molecule has 108 valence electrons. The quantitative estimate of drug-likeness (QED) is 0.902. The van der Waals surface area contributed by atoms with E-state index in [1.807, 2.05) is 20.0 Å². The monoisotopic (exact) mass is 276 g/mol. The zero-order valence-electron chi connectivity index (χ0n) is 11.9. The van der Waals surface area contributed by atoms with Crippen LogP contribution < -0.4 is 0 Å². The maximum atomic E-state index is 5.99. The smallest absolute Gasteiger partial charge is 0.139 e. The number of hydrogen-bond donors (Lipinski definition) is 1. The fourth-order valence-corrected chi connectivity index (χ4v) is 2.58. The number of imidazole rings is 1. The second-order valence-electron chi connectivity index (χ2n) is 5.30. The molecule has 0 bridgehead atoms. The average Bonchev–Trinajstić information content (AvgIpc) is 3.14. The van der Waals surface area contributed by atoms with Crippen molar-refractivity contribution in [3.05, 3.63) is 35.2 Å². The lowest BCUT2D eigenvalue weighted by atomic mass is 10.2. The van der Waals surface area contributed by atoms with Gasteiger partial charge in [0.25, 0.3) is 0 Å². The van der Waals surface area contributed by atoms with E-state index in [0.29, 0.717) is 6.61 Å². The van der Waals surface area contributed by atoms with Gasteiger partial charge in [0.1, 0.15) is 11.6 Å². The second-order valence-corrected chi connectivity index (χ2v) is 5.30. The molecule has 6 heteroatoms. The topological polar surface area (TPSA) is 67.2 Å². The molecule has 3 rings (SSSR count). The number of hydrogen-bond acceptors (Lipinski definition) is 5. The van der Waals surface area contributed by atoms with Gasteiger partial charge in [0.05, 0.1) is 24.9 Å². The van der Waals surface area contributed by atoms with Gasteiger partial charge in [-0.15, -0.1) is 0 Å². The highest BCUT2D eigenvalue weighted by Crippen LogP contribution is 2.19. The highest BCUT2D eigenvalue weighted by atomic mass is 16.5. The van der Waals surface area contributed by atoms with E-state index < -0.39 is 0 Å². The Balaban J connectivity index is 1.48. The maximum absolute atomic E-state index is 5.99. The zero-order chi connectivity index (χ0) is 13.9. The van der Waals surface area contributed by atoms with Crippen LogP contribution in [-0.2, 0) is 17.9 Å². The predicted molar refractivity (Wildman–Crippen MR) is 73.0 cm³/mol. The lowest BCUT2D eigenvalue weighted by molar-refractivity contribution is 0.0451. The number of ether oxygens (including phenoxy) is 1. The third-order valence-electron chi connectivity index (χ3n) is 3.80. The van der Waals surface area contributed by atoms with E-state index in [0.717, 1.165) is 48.9 Å². The Morgan fingerprint density at radius 3 is 3.10 bits per heavy atom. The Morgan fingerprint density at radius 2 is 2.40 bits per heavy atom. The summed E-state index contributed by atoms with van der Waals surface area (Å²) in [5.74, 6) is 1.87. The molecule has 0 saturated carbocycles. The molecular formula is C14H20N4O2. The fraction of sp³-hybridized carbons (Fsp3) is 0.571. The summed E-state index contributed by atoms with van der Waals surface area (Å²) in [6, 6.07) is 0. The first-order valence-corrected chi connectivity index (χ1v) is 6.96. The maximum Gasteiger partial charge on any atom is 0.139 e. The number of rotatable bonds is 5. The lowest BCUT2D eigenvalue weighted by Gasteiger charge is -2.14. The molecule has 3 heterocycles. The Morgan fingerprint density at radius 1 is 1.50 bits per heavy atom. The van der Waals surface area contributed by atoms with Gasteiger partial charge in [0, 0.05) is 31.0 Å². The first-order chi connectivity index (χ1) is 9.72. The fourth-order valence-electron chi connectivity index (χ4n) is 2.58. The van der Waals surface area contributed by atoms with Crippen molar-refractivity contribution < 1.29 is 9.26 Å². The van der Waals surface area contributed by atoms with Crippen LogP contribution in [-0.4, -0.2) is 39.2 Å². The lowest BCUT2D eigenvalue weighted by Crippen LogP contribution is -2.23.